The largest absolute Gasteiger partial charge is 0.478 e. The maximum absolute atomic E-state index is 13.1. The maximum Gasteiger partial charge on any atom is 0.416 e. The molecule has 0 saturated heterocycles. The molecule has 0 aliphatic carbocycles. The van der Waals surface area contributed by atoms with Gasteiger partial charge in [-0.25, -0.2) is 14.3 Å². The van der Waals surface area contributed by atoms with E-state index in [4.69, 9.17) is 4.74 Å². The quantitative estimate of drug-likeness (QED) is 0.284. The van der Waals surface area contributed by atoms with Crippen LogP contribution in [0.4, 0.5) is 13.2 Å². The van der Waals surface area contributed by atoms with Gasteiger partial charge in [0.2, 0.25) is 0 Å². The highest BCUT2D eigenvalue weighted by molar-refractivity contribution is 5.76. The minimum Gasteiger partial charge on any atom is -0.478 e. The van der Waals surface area contributed by atoms with Crippen molar-refractivity contribution in [2.75, 3.05) is 0 Å². The molecular weight excluding hydrogens is 499 g/mol. The standard InChI is InChI=1S/C28H34F3N3O4/c1-4-5-6-17-33-24(12-8-9-20-13-15-23(16-14-20)38-27(2,3)25(35)36)32-34(26(33)37)19-21-10-7-11-22(18-21)28(29,30)31/h7,10-11,13-16,18H,4-6,8-9,12,17,19H2,1-3H3,(H,35,36). The lowest BCUT2D eigenvalue weighted by Gasteiger charge is -2.21. The van der Waals surface area contributed by atoms with Crippen molar-refractivity contribution < 1.29 is 27.8 Å². The number of carboxylic acid groups (broad SMARTS) is 1. The Morgan fingerprint density at radius 1 is 1.00 bits per heavy atom. The first kappa shape index (κ1) is 29.0. The van der Waals surface area contributed by atoms with E-state index in [1.54, 1.807) is 22.8 Å². The zero-order chi connectivity index (χ0) is 27.9. The molecule has 38 heavy (non-hydrogen) atoms. The lowest BCUT2D eigenvalue weighted by Crippen LogP contribution is -2.37. The van der Waals surface area contributed by atoms with Crippen molar-refractivity contribution in [3.8, 4) is 5.75 Å². The molecule has 3 rings (SSSR count). The molecule has 0 atom stereocenters. The van der Waals surface area contributed by atoms with Gasteiger partial charge in [0.1, 0.15) is 11.6 Å². The first-order valence-electron chi connectivity index (χ1n) is 12.7. The Labute approximate surface area is 219 Å². The SMILES string of the molecule is CCCCCn1c(CCCc2ccc(OC(C)(C)C(=O)O)cc2)nn(Cc2cccc(C(F)(F)F)c2)c1=O. The number of benzene rings is 2. The van der Waals surface area contributed by atoms with Crippen molar-refractivity contribution in [2.45, 2.75) is 84.2 Å². The number of carbonyl (C=O) groups is 1. The van der Waals surface area contributed by atoms with Crippen LogP contribution in [0, 0.1) is 0 Å². The van der Waals surface area contributed by atoms with Gasteiger partial charge in [0.15, 0.2) is 5.60 Å². The second kappa shape index (κ2) is 12.3. The first-order chi connectivity index (χ1) is 17.9. The number of unbranched alkanes of at least 4 members (excludes halogenated alkanes) is 2. The molecule has 0 aliphatic rings. The maximum atomic E-state index is 13.1. The number of rotatable bonds is 13. The summed E-state index contributed by atoms with van der Waals surface area (Å²) in [5.41, 5.74) is -1.03. The summed E-state index contributed by atoms with van der Waals surface area (Å²) < 4.78 is 47.8. The number of halogens is 3. The van der Waals surface area contributed by atoms with E-state index in [-0.39, 0.29) is 12.2 Å². The molecule has 0 bridgehead atoms. The summed E-state index contributed by atoms with van der Waals surface area (Å²) in [6.45, 7) is 5.51. The number of carboxylic acids is 1. The molecule has 1 aromatic heterocycles. The second-order valence-corrected chi connectivity index (χ2v) is 9.83. The number of hydrogen-bond donors (Lipinski definition) is 1. The number of aliphatic carboxylic acids is 1. The highest BCUT2D eigenvalue weighted by Crippen LogP contribution is 2.29. The summed E-state index contributed by atoms with van der Waals surface area (Å²) in [5.74, 6) is 0.0135. The zero-order valence-corrected chi connectivity index (χ0v) is 21.9. The average Bonchev–Trinajstić information content (AvgIpc) is 3.14. The highest BCUT2D eigenvalue weighted by Gasteiger charge is 2.31. The minimum atomic E-state index is -4.46. The van der Waals surface area contributed by atoms with Crippen LogP contribution >= 0.6 is 0 Å². The van der Waals surface area contributed by atoms with Crippen LogP contribution < -0.4 is 10.4 Å². The van der Waals surface area contributed by atoms with Gasteiger partial charge in [0.05, 0.1) is 12.1 Å². The van der Waals surface area contributed by atoms with Gasteiger partial charge in [0, 0.05) is 13.0 Å². The monoisotopic (exact) mass is 533 g/mol. The third-order valence-corrected chi connectivity index (χ3v) is 6.25. The fourth-order valence-corrected chi connectivity index (χ4v) is 4.05. The number of aryl methyl sites for hydroxylation is 2. The van der Waals surface area contributed by atoms with E-state index < -0.39 is 23.3 Å². The number of aromatic nitrogens is 3. The first-order valence-corrected chi connectivity index (χ1v) is 12.7. The summed E-state index contributed by atoms with van der Waals surface area (Å²) in [7, 11) is 0. The van der Waals surface area contributed by atoms with Crippen molar-refractivity contribution in [1.82, 2.24) is 14.3 Å². The van der Waals surface area contributed by atoms with Crippen LogP contribution in [-0.4, -0.2) is 31.0 Å². The second-order valence-electron chi connectivity index (χ2n) is 9.83. The Balaban J connectivity index is 1.71. The smallest absolute Gasteiger partial charge is 0.416 e. The Morgan fingerprint density at radius 2 is 1.71 bits per heavy atom. The molecule has 3 aromatic rings. The van der Waals surface area contributed by atoms with Gasteiger partial charge in [0.25, 0.3) is 0 Å². The Hall–Kier alpha value is -3.56. The molecular formula is C28H34F3N3O4. The Morgan fingerprint density at radius 3 is 2.34 bits per heavy atom. The fourth-order valence-electron chi connectivity index (χ4n) is 4.05. The summed E-state index contributed by atoms with van der Waals surface area (Å²) in [4.78, 5) is 24.3. The fraction of sp³-hybridized carbons (Fsp3) is 0.464. The molecule has 2 aromatic carbocycles. The molecule has 0 aliphatic heterocycles. The Bertz CT molecular complexity index is 1280. The van der Waals surface area contributed by atoms with Gasteiger partial charge in [-0.15, -0.1) is 0 Å². The number of nitrogens with zero attached hydrogens (tertiary/aromatic N) is 3. The van der Waals surface area contributed by atoms with E-state index in [0.717, 1.165) is 37.0 Å². The summed E-state index contributed by atoms with van der Waals surface area (Å²) in [6, 6.07) is 12.1. The molecule has 0 spiro atoms. The van der Waals surface area contributed by atoms with E-state index in [1.807, 2.05) is 12.1 Å². The minimum absolute atomic E-state index is 0.0370. The highest BCUT2D eigenvalue weighted by atomic mass is 19.4. The molecule has 1 heterocycles. The number of alkyl halides is 3. The van der Waals surface area contributed by atoms with Crippen molar-refractivity contribution in [3.05, 3.63) is 81.5 Å². The average molecular weight is 534 g/mol. The molecule has 206 valence electrons. The lowest BCUT2D eigenvalue weighted by molar-refractivity contribution is -0.152. The topological polar surface area (TPSA) is 86.3 Å². The van der Waals surface area contributed by atoms with E-state index >= 15 is 0 Å². The van der Waals surface area contributed by atoms with Crippen molar-refractivity contribution >= 4 is 5.97 Å². The summed E-state index contributed by atoms with van der Waals surface area (Å²) in [5, 5.41) is 13.7. The van der Waals surface area contributed by atoms with Gasteiger partial charge in [-0.3, -0.25) is 4.57 Å². The molecule has 1 N–H and O–H groups in total. The van der Waals surface area contributed by atoms with Crippen LogP contribution in [0.5, 0.6) is 5.75 Å². The normalized spacial score (nSPS) is 12.1. The van der Waals surface area contributed by atoms with Gasteiger partial charge in [-0.2, -0.15) is 18.3 Å². The molecule has 0 fully saturated rings. The zero-order valence-electron chi connectivity index (χ0n) is 21.9. The van der Waals surface area contributed by atoms with E-state index in [0.29, 0.717) is 42.9 Å². The molecule has 10 heteroatoms. The summed E-state index contributed by atoms with van der Waals surface area (Å²) in [6.07, 6.45) is 0.237. The van der Waals surface area contributed by atoms with Crippen LogP contribution in [0.15, 0.2) is 53.3 Å². The van der Waals surface area contributed by atoms with E-state index in [9.17, 15) is 27.9 Å². The Kier molecular flexibility index (Phi) is 9.40. The van der Waals surface area contributed by atoms with Crippen molar-refractivity contribution in [2.24, 2.45) is 0 Å². The molecule has 7 nitrogen and oxygen atoms in total. The van der Waals surface area contributed by atoms with Crippen LogP contribution in [-0.2, 0) is 36.9 Å². The van der Waals surface area contributed by atoms with Crippen LogP contribution in [0.3, 0.4) is 0 Å². The van der Waals surface area contributed by atoms with Gasteiger partial charge < -0.3 is 9.84 Å². The van der Waals surface area contributed by atoms with Crippen LogP contribution in [0.2, 0.25) is 0 Å². The third-order valence-electron chi connectivity index (χ3n) is 6.25. The predicted molar refractivity (Wildman–Crippen MR) is 137 cm³/mol. The summed E-state index contributed by atoms with van der Waals surface area (Å²) >= 11 is 0. The van der Waals surface area contributed by atoms with Gasteiger partial charge >= 0.3 is 17.8 Å². The lowest BCUT2D eigenvalue weighted by atomic mass is 10.1. The number of ether oxygens (including phenoxy) is 1. The van der Waals surface area contributed by atoms with Gasteiger partial charge in [-0.05, 0) is 68.5 Å². The molecule has 0 unspecified atom stereocenters. The van der Waals surface area contributed by atoms with Crippen molar-refractivity contribution in [1.29, 1.82) is 0 Å². The van der Waals surface area contributed by atoms with Crippen LogP contribution in [0.1, 0.15) is 69.0 Å². The predicted octanol–water partition coefficient (Wildman–Crippen LogP) is 5.72. The molecule has 0 amide bonds. The third kappa shape index (κ3) is 7.72. The molecule has 0 radical (unpaired) electrons. The van der Waals surface area contributed by atoms with Crippen LogP contribution in [0.25, 0.3) is 0 Å². The van der Waals surface area contributed by atoms with E-state index in [2.05, 4.69) is 12.0 Å². The van der Waals surface area contributed by atoms with Crippen molar-refractivity contribution in [3.63, 3.8) is 0 Å². The molecule has 0 saturated carbocycles. The number of hydrogen-bond acceptors (Lipinski definition) is 4. The van der Waals surface area contributed by atoms with Gasteiger partial charge in [-0.1, -0.05) is 44.0 Å². The van der Waals surface area contributed by atoms with E-state index in [1.165, 1.54) is 24.6 Å².